The third-order valence-corrected chi connectivity index (χ3v) is 1.76. The van der Waals surface area contributed by atoms with E-state index in [2.05, 4.69) is 0 Å². The van der Waals surface area contributed by atoms with Crippen molar-refractivity contribution in [3.05, 3.63) is 41.5 Å². The Bertz CT molecular complexity index is 427. The maximum atomic E-state index is 12.5. The second-order valence-electron chi connectivity index (χ2n) is 2.77. The molecule has 2 N–H and O–H groups in total. The summed E-state index contributed by atoms with van der Waals surface area (Å²) in [6.07, 6.45) is -3.59. The van der Waals surface area contributed by atoms with Crippen LogP contribution in [-0.4, -0.2) is 0 Å². The van der Waals surface area contributed by atoms with Crippen LogP contribution in [0.3, 0.4) is 0 Å². The van der Waals surface area contributed by atoms with Crippen molar-refractivity contribution in [2.24, 2.45) is 5.73 Å². The van der Waals surface area contributed by atoms with Gasteiger partial charge in [0.15, 0.2) is 0 Å². The Morgan fingerprint density at radius 2 is 1.93 bits per heavy atom. The molecule has 1 aromatic carbocycles. The average Bonchev–Trinajstić information content (AvgIpc) is 2.17. The molecule has 0 unspecified atom stereocenters. The minimum Gasteiger partial charge on any atom is -0.398 e. The fraction of sp³-hybridized carbons (Fsp3) is 0.100. The number of nitrogens with two attached hydrogens (primary N) is 1. The van der Waals surface area contributed by atoms with Crippen LogP contribution in [0.15, 0.2) is 30.3 Å². The molecule has 0 aliphatic heterocycles. The summed E-state index contributed by atoms with van der Waals surface area (Å²) in [5, 5.41) is 8.30. The summed E-state index contributed by atoms with van der Waals surface area (Å²) >= 11 is 0. The first-order valence-corrected chi connectivity index (χ1v) is 3.98. The van der Waals surface area contributed by atoms with Crippen LogP contribution < -0.4 is 5.73 Å². The van der Waals surface area contributed by atoms with Crippen molar-refractivity contribution in [1.82, 2.24) is 0 Å². The quantitative estimate of drug-likeness (QED) is 0.727. The molecule has 78 valence electrons. The number of hydrogen-bond acceptors (Lipinski definition) is 2. The summed E-state index contributed by atoms with van der Waals surface area (Å²) in [5.41, 5.74) is 4.14. The van der Waals surface area contributed by atoms with Gasteiger partial charge in [-0.15, -0.1) is 0 Å². The molecule has 0 saturated carbocycles. The molecule has 0 saturated heterocycles. The summed E-state index contributed by atoms with van der Waals surface area (Å²) in [5.74, 6) is 0. The SMILES string of the molecule is N#C/C=C(/N)c1ccccc1C(F)(F)F. The van der Waals surface area contributed by atoms with E-state index in [1.165, 1.54) is 18.2 Å². The Kier molecular flexibility index (Phi) is 3.00. The molecule has 0 heterocycles. The van der Waals surface area contributed by atoms with Crippen LogP contribution in [0.4, 0.5) is 13.2 Å². The van der Waals surface area contributed by atoms with Gasteiger partial charge in [0.25, 0.3) is 0 Å². The van der Waals surface area contributed by atoms with Crippen LogP contribution in [0.1, 0.15) is 11.1 Å². The van der Waals surface area contributed by atoms with Gasteiger partial charge in [-0.3, -0.25) is 0 Å². The van der Waals surface area contributed by atoms with Gasteiger partial charge in [-0.05, 0) is 6.07 Å². The number of halogens is 3. The third-order valence-electron chi connectivity index (χ3n) is 1.76. The number of benzene rings is 1. The molecule has 0 fully saturated rings. The second kappa shape index (κ2) is 4.05. The topological polar surface area (TPSA) is 49.8 Å². The van der Waals surface area contributed by atoms with Gasteiger partial charge in [0.05, 0.1) is 11.6 Å². The maximum Gasteiger partial charge on any atom is 0.417 e. The molecule has 1 rings (SSSR count). The lowest BCUT2D eigenvalue weighted by molar-refractivity contribution is -0.137. The monoisotopic (exact) mass is 212 g/mol. The molecule has 15 heavy (non-hydrogen) atoms. The van der Waals surface area contributed by atoms with Crippen molar-refractivity contribution in [3.63, 3.8) is 0 Å². The van der Waals surface area contributed by atoms with Crippen LogP contribution >= 0.6 is 0 Å². The molecule has 0 bridgehead atoms. The Hall–Kier alpha value is -1.96. The van der Waals surface area contributed by atoms with Gasteiger partial charge >= 0.3 is 6.18 Å². The molecule has 2 nitrogen and oxygen atoms in total. The highest BCUT2D eigenvalue weighted by atomic mass is 19.4. The minimum absolute atomic E-state index is 0.174. The molecule has 0 aliphatic carbocycles. The van der Waals surface area contributed by atoms with Gasteiger partial charge in [-0.2, -0.15) is 18.4 Å². The van der Waals surface area contributed by atoms with Gasteiger partial charge in [-0.25, -0.2) is 0 Å². The van der Waals surface area contributed by atoms with E-state index >= 15 is 0 Å². The van der Waals surface area contributed by atoms with E-state index in [1.807, 2.05) is 0 Å². The molecule has 0 amide bonds. The van der Waals surface area contributed by atoms with E-state index < -0.39 is 11.7 Å². The largest absolute Gasteiger partial charge is 0.417 e. The van der Waals surface area contributed by atoms with Crippen molar-refractivity contribution < 1.29 is 13.2 Å². The Morgan fingerprint density at radius 3 is 2.47 bits per heavy atom. The van der Waals surface area contributed by atoms with E-state index in [0.717, 1.165) is 12.1 Å². The van der Waals surface area contributed by atoms with Gasteiger partial charge in [0.1, 0.15) is 0 Å². The molecule has 5 heteroatoms. The molecule has 0 aliphatic rings. The van der Waals surface area contributed by atoms with Crippen molar-refractivity contribution >= 4 is 5.70 Å². The standard InChI is InChI=1S/C10H7F3N2/c11-10(12,13)8-4-2-1-3-7(8)9(15)5-6-14/h1-5H,15H2/b9-5+. The Morgan fingerprint density at radius 1 is 1.33 bits per heavy atom. The van der Waals surface area contributed by atoms with Crippen LogP contribution in [-0.2, 0) is 6.18 Å². The first-order chi connectivity index (χ1) is 6.96. The Balaban J connectivity index is 3.32. The van der Waals surface area contributed by atoms with Gasteiger partial charge in [0, 0.05) is 17.3 Å². The zero-order chi connectivity index (χ0) is 11.5. The molecule has 0 radical (unpaired) electrons. The average molecular weight is 212 g/mol. The predicted octanol–water partition coefficient (Wildman–Crippen LogP) is 2.53. The molecule has 0 spiro atoms. The van der Waals surface area contributed by atoms with Crippen molar-refractivity contribution in [2.75, 3.05) is 0 Å². The van der Waals surface area contributed by atoms with Gasteiger partial charge < -0.3 is 5.73 Å². The van der Waals surface area contributed by atoms with E-state index in [4.69, 9.17) is 11.0 Å². The summed E-state index contributed by atoms with van der Waals surface area (Å²) in [6.45, 7) is 0. The third kappa shape index (κ3) is 2.50. The lowest BCUT2D eigenvalue weighted by Gasteiger charge is -2.11. The van der Waals surface area contributed by atoms with Gasteiger partial charge in [0.2, 0.25) is 0 Å². The van der Waals surface area contributed by atoms with Crippen LogP contribution in [0.2, 0.25) is 0 Å². The van der Waals surface area contributed by atoms with E-state index in [-0.39, 0.29) is 11.3 Å². The number of nitrogens with zero attached hydrogens (tertiary/aromatic N) is 1. The highest BCUT2D eigenvalue weighted by Gasteiger charge is 2.33. The lowest BCUT2D eigenvalue weighted by atomic mass is 10.0. The zero-order valence-corrected chi connectivity index (χ0v) is 7.55. The highest BCUT2D eigenvalue weighted by Crippen LogP contribution is 2.33. The van der Waals surface area contributed by atoms with Gasteiger partial charge in [-0.1, -0.05) is 18.2 Å². The molecule has 0 aromatic heterocycles. The van der Waals surface area contributed by atoms with Crippen LogP contribution in [0.5, 0.6) is 0 Å². The predicted molar refractivity (Wildman–Crippen MR) is 49.2 cm³/mol. The van der Waals surface area contributed by atoms with E-state index in [0.29, 0.717) is 0 Å². The molecular formula is C10H7F3N2. The van der Waals surface area contributed by atoms with Crippen LogP contribution in [0.25, 0.3) is 5.70 Å². The number of allylic oxidation sites excluding steroid dienone is 1. The van der Waals surface area contributed by atoms with Crippen molar-refractivity contribution in [2.45, 2.75) is 6.18 Å². The number of nitriles is 1. The van der Waals surface area contributed by atoms with Crippen LogP contribution in [0, 0.1) is 11.3 Å². The van der Waals surface area contributed by atoms with E-state index in [1.54, 1.807) is 6.07 Å². The van der Waals surface area contributed by atoms with Crippen molar-refractivity contribution in [3.8, 4) is 6.07 Å². The molecular weight excluding hydrogens is 205 g/mol. The summed E-state index contributed by atoms with van der Waals surface area (Å²) < 4.78 is 37.4. The Labute approximate surface area is 84.4 Å². The summed E-state index contributed by atoms with van der Waals surface area (Å²) in [4.78, 5) is 0. The molecule has 1 aromatic rings. The fourth-order valence-electron chi connectivity index (χ4n) is 1.13. The van der Waals surface area contributed by atoms with Crippen molar-refractivity contribution in [1.29, 1.82) is 5.26 Å². The minimum atomic E-state index is -4.47. The number of hydrogen-bond donors (Lipinski definition) is 1. The fourth-order valence-corrected chi connectivity index (χ4v) is 1.13. The summed E-state index contributed by atoms with van der Waals surface area (Å²) in [6, 6.07) is 6.45. The zero-order valence-electron chi connectivity index (χ0n) is 7.55. The number of rotatable bonds is 1. The molecule has 0 atom stereocenters. The highest BCUT2D eigenvalue weighted by molar-refractivity contribution is 5.67. The number of alkyl halides is 3. The first-order valence-electron chi connectivity index (χ1n) is 3.98. The maximum absolute atomic E-state index is 12.5. The smallest absolute Gasteiger partial charge is 0.398 e. The lowest BCUT2D eigenvalue weighted by Crippen LogP contribution is -2.11. The second-order valence-corrected chi connectivity index (χ2v) is 2.77. The summed E-state index contributed by atoms with van der Waals surface area (Å²) in [7, 11) is 0. The first kappa shape index (κ1) is 11.1. The van der Waals surface area contributed by atoms with E-state index in [9.17, 15) is 13.2 Å². The normalized spacial score (nSPS) is 12.3.